The van der Waals surface area contributed by atoms with E-state index in [1.165, 1.54) is 23.5 Å². The third-order valence-electron chi connectivity index (χ3n) is 3.84. The molecule has 0 aromatic heterocycles. The van der Waals surface area contributed by atoms with Gasteiger partial charge in [0.15, 0.2) is 5.75 Å². The van der Waals surface area contributed by atoms with Gasteiger partial charge in [0.05, 0.1) is 22.9 Å². The van der Waals surface area contributed by atoms with Gasteiger partial charge >= 0.3 is 0 Å². The maximum Gasteiger partial charge on any atom is 0.256 e. The molecule has 134 valence electrons. The molecule has 0 bridgehead atoms. The van der Waals surface area contributed by atoms with E-state index in [2.05, 4.69) is 5.32 Å². The lowest BCUT2D eigenvalue weighted by molar-refractivity contribution is 0.0953. The van der Waals surface area contributed by atoms with Crippen LogP contribution in [0.25, 0.3) is 0 Å². The Labute approximate surface area is 152 Å². The lowest BCUT2D eigenvalue weighted by atomic mass is 10.2. The van der Waals surface area contributed by atoms with Crippen LogP contribution >= 0.6 is 23.2 Å². The van der Waals surface area contributed by atoms with Crippen LogP contribution in [0.4, 0.5) is 0 Å². The van der Waals surface area contributed by atoms with Crippen LogP contribution in [0, 0.1) is 0 Å². The van der Waals surface area contributed by atoms with Crippen molar-refractivity contribution in [1.29, 1.82) is 0 Å². The number of nitrogens with zero attached hydrogens (tertiary/aromatic N) is 1. The molecule has 0 aliphatic carbocycles. The van der Waals surface area contributed by atoms with Gasteiger partial charge in [0.25, 0.3) is 5.91 Å². The second-order valence-electron chi connectivity index (χ2n) is 5.47. The summed E-state index contributed by atoms with van der Waals surface area (Å²) in [7, 11) is -1.98. The Balaban J connectivity index is 2.00. The molecule has 6 nitrogen and oxygen atoms in total. The molecule has 1 aromatic rings. The maximum atomic E-state index is 12.3. The number of nitrogens with one attached hydrogen (secondary N) is 1. The van der Waals surface area contributed by atoms with Gasteiger partial charge in [-0.05, 0) is 25.0 Å². The Morgan fingerprint density at radius 1 is 1.21 bits per heavy atom. The monoisotopic (exact) mass is 394 g/mol. The number of methoxy groups -OCH3 is 1. The Morgan fingerprint density at radius 3 is 2.46 bits per heavy atom. The van der Waals surface area contributed by atoms with Crippen LogP contribution in [0.1, 0.15) is 29.6 Å². The average molecular weight is 395 g/mol. The van der Waals surface area contributed by atoms with Crippen LogP contribution in [0.2, 0.25) is 10.0 Å². The van der Waals surface area contributed by atoms with Crippen LogP contribution < -0.4 is 10.1 Å². The summed E-state index contributed by atoms with van der Waals surface area (Å²) < 4.78 is 31.1. The lowest BCUT2D eigenvalue weighted by Gasteiger charge is -2.25. The summed E-state index contributed by atoms with van der Waals surface area (Å²) in [5.74, 6) is -0.507. The average Bonchev–Trinajstić information content (AvgIpc) is 2.57. The van der Waals surface area contributed by atoms with Crippen molar-refractivity contribution < 1.29 is 17.9 Å². The minimum atomic E-state index is -3.37. The molecular formula is C15H20Cl2N2O4S. The molecule has 1 saturated heterocycles. The highest BCUT2D eigenvalue weighted by Gasteiger charge is 2.24. The van der Waals surface area contributed by atoms with Crippen molar-refractivity contribution in [2.75, 3.05) is 32.5 Å². The fraction of sp³-hybridized carbons (Fsp3) is 0.533. The topological polar surface area (TPSA) is 75.7 Å². The minimum Gasteiger partial charge on any atom is -0.494 e. The van der Waals surface area contributed by atoms with Gasteiger partial charge in [-0.25, -0.2) is 12.7 Å². The highest BCUT2D eigenvalue weighted by atomic mass is 35.5. The molecule has 1 fully saturated rings. The first-order chi connectivity index (χ1) is 11.4. The molecule has 0 spiro atoms. The molecule has 1 heterocycles. The standard InChI is InChI=1S/C15H20Cl2N2O4S/c1-23-14-12(17)6-5-11(16)13(14)15(20)18-7-10-24(21,22)19-8-3-2-4-9-19/h5-6H,2-4,7-10H2,1H3,(H,18,20). The summed E-state index contributed by atoms with van der Waals surface area (Å²) in [6.07, 6.45) is 2.80. The van der Waals surface area contributed by atoms with Crippen molar-refractivity contribution in [3.63, 3.8) is 0 Å². The van der Waals surface area contributed by atoms with Gasteiger partial charge < -0.3 is 10.1 Å². The van der Waals surface area contributed by atoms with E-state index in [1.54, 1.807) is 0 Å². The molecule has 2 rings (SSSR count). The van der Waals surface area contributed by atoms with Crippen LogP contribution in [0.3, 0.4) is 0 Å². The van der Waals surface area contributed by atoms with Crippen molar-refractivity contribution in [1.82, 2.24) is 9.62 Å². The number of carbonyl (C=O) groups excluding carboxylic acids is 1. The van der Waals surface area contributed by atoms with E-state index in [9.17, 15) is 13.2 Å². The molecule has 9 heteroatoms. The molecule has 1 amide bonds. The normalized spacial score (nSPS) is 16.0. The fourth-order valence-corrected chi connectivity index (χ4v) is 4.50. The van der Waals surface area contributed by atoms with E-state index in [0.717, 1.165) is 19.3 Å². The van der Waals surface area contributed by atoms with Crippen LogP contribution in [-0.4, -0.2) is 51.1 Å². The van der Waals surface area contributed by atoms with Gasteiger partial charge in [0.1, 0.15) is 5.56 Å². The largest absolute Gasteiger partial charge is 0.494 e. The summed E-state index contributed by atoms with van der Waals surface area (Å²) in [5, 5.41) is 3.01. The summed E-state index contributed by atoms with van der Waals surface area (Å²) in [6.45, 7) is 1.08. The number of ether oxygens (including phenoxy) is 1. The number of sulfonamides is 1. The Kier molecular flexibility index (Phi) is 6.74. The first-order valence-corrected chi connectivity index (χ1v) is 10.0. The number of amides is 1. The molecule has 0 radical (unpaired) electrons. The van der Waals surface area contributed by atoms with Crippen LogP contribution in [-0.2, 0) is 10.0 Å². The van der Waals surface area contributed by atoms with Gasteiger partial charge in [-0.3, -0.25) is 4.79 Å². The van der Waals surface area contributed by atoms with E-state index in [4.69, 9.17) is 27.9 Å². The van der Waals surface area contributed by atoms with Crippen molar-refractivity contribution in [2.45, 2.75) is 19.3 Å². The summed E-state index contributed by atoms with van der Waals surface area (Å²) in [5.41, 5.74) is 0.0991. The zero-order valence-corrected chi connectivity index (χ0v) is 15.7. The Morgan fingerprint density at radius 2 is 1.83 bits per heavy atom. The SMILES string of the molecule is COc1c(Cl)ccc(Cl)c1C(=O)NCCS(=O)(=O)N1CCCCC1. The Bertz CT molecular complexity index is 704. The van der Waals surface area contributed by atoms with E-state index >= 15 is 0 Å². The Hall–Kier alpha value is -1.02. The maximum absolute atomic E-state index is 12.3. The predicted molar refractivity (Wildman–Crippen MR) is 94.6 cm³/mol. The molecule has 1 N–H and O–H groups in total. The number of carbonyl (C=O) groups is 1. The molecule has 24 heavy (non-hydrogen) atoms. The smallest absolute Gasteiger partial charge is 0.256 e. The van der Waals surface area contributed by atoms with E-state index in [-0.39, 0.29) is 33.7 Å². The first kappa shape index (κ1) is 19.3. The quantitative estimate of drug-likeness (QED) is 0.803. The molecule has 0 saturated carbocycles. The van der Waals surface area contributed by atoms with Crippen molar-refractivity contribution in [3.8, 4) is 5.75 Å². The van der Waals surface area contributed by atoms with Crippen molar-refractivity contribution in [2.24, 2.45) is 0 Å². The highest BCUT2D eigenvalue weighted by Crippen LogP contribution is 2.33. The van der Waals surface area contributed by atoms with Crippen molar-refractivity contribution in [3.05, 3.63) is 27.7 Å². The summed E-state index contributed by atoms with van der Waals surface area (Å²) in [6, 6.07) is 3.02. The van der Waals surface area contributed by atoms with Crippen LogP contribution in [0.15, 0.2) is 12.1 Å². The van der Waals surface area contributed by atoms with Gasteiger partial charge in [-0.1, -0.05) is 29.6 Å². The second kappa shape index (κ2) is 8.38. The van der Waals surface area contributed by atoms with Gasteiger partial charge in [-0.2, -0.15) is 0 Å². The molecule has 0 unspecified atom stereocenters. The van der Waals surface area contributed by atoms with E-state index in [0.29, 0.717) is 13.1 Å². The zero-order valence-electron chi connectivity index (χ0n) is 13.3. The molecular weight excluding hydrogens is 375 g/mol. The summed E-state index contributed by atoms with van der Waals surface area (Å²) >= 11 is 12.0. The van der Waals surface area contributed by atoms with Gasteiger partial charge in [0.2, 0.25) is 10.0 Å². The number of hydrogen-bond donors (Lipinski definition) is 1. The molecule has 1 aliphatic rings. The lowest BCUT2D eigenvalue weighted by Crippen LogP contribution is -2.40. The zero-order chi connectivity index (χ0) is 17.7. The number of rotatable bonds is 6. The number of halogens is 2. The first-order valence-electron chi connectivity index (χ1n) is 7.65. The predicted octanol–water partition coefficient (Wildman–Crippen LogP) is 2.55. The second-order valence-corrected chi connectivity index (χ2v) is 8.37. The van der Waals surface area contributed by atoms with E-state index < -0.39 is 15.9 Å². The van der Waals surface area contributed by atoms with E-state index in [1.807, 2.05) is 0 Å². The highest BCUT2D eigenvalue weighted by molar-refractivity contribution is 7.89. The summed E-state index contributed by atoms with van der Waals surface area (Å²) in [4.78, 5) is 12.3. The number of benzene rings is 1. The van der Waals surface area contributed by atoms with Gasteiger partial charge in [-0.15, -0.1) is 0 Å². The third kappa shape index (κ3) is 4.53. The fourth-order valence-electron chi connectivity index (χ4n) is 2.60. The molecule has 0 atom stereocenters. The minimum absolute atomic E-state index is 0.0103. The third-order valence-corrected chi connectivity index (χ3v) is 6.33. The molecule has 1 aliphatic heterocycles. The molecule has 1 aromatic carbocycles. The number of hydrogen-bond acceptors (Lipinski definition) is 4. The van der Waals surface area contributed by atoms with Gasteiger partial charge in [0, 0.05) is 19.6 Å². The van der Waals surface area contributed by atoms with Crippen molar-refractivity contribution >= 4 is 39.1 Å². The number of piperidine rings is 1. The van der Waals surface area contributed by atoms with Crippen LogP contribution in [0.5, 0.6) is 5.75 Å².